The molecule has 1 aromatic carbocycles. The van der Waals surface area contributed by atoms with Gasteiger partial charge < -0.3 is 11.1 Å². The second kappa shape index (κ2) is 5.92. The van der Waals surface area contributed by atoms with E-state index in [0.717, 1.165) is 5.56 Å². The molecule has 1 amide bonds. The highest BCUT2D eigenvalue weighted by molar-refractivity contribution is 7.15. The van der Waals surface area contributed by atoms with Crippen LogP contribution in [0.4, 0.5) is 5.13 Å². The lowest BCUT2D eigenvalue weighted by molar-refractivity contribution is -0.116. The van der Waals surface area contributed by atoms with Crippen LogP contribution in [-0.4, -0.2) is 16.1 Å². The van der Waals surface area contributed by atoms with Gasteiger partial charge in [0.05, 0.1) is 6.54 Å². The smallest absolute Gasteiger partial charge is 0.244 e. The van der Waals surface area contributed by atoms with Crippen LogP contribution >= 0.6 is 11.3 Å². The van der Waals surface area contributed by atoms with E-state index in [1.807, 2.05) is 30.3 Å². The van der Waals surface area contributed by atoms with Crippen molar-refractivity contribution in [3.63, 3.8) is 0 Å². The number of aromatic nitrogens is 2. The summed E-state index contributed by atoms with van der Waals surface area (Å²) in [4.78, 5) is 11.5. The van der Waals surface area contributed by atoms with Crippen molar-refractivity contribution in [3.8, 4) is 0 Å². The number of amides is 1. The number of nitrogens with zero attached hydrogens (tertiary/aromatic N) is 2. The first-order valence-corrected chi connectivity index (χ1v) is 6.14. The largest absolute Gasteiger partial charge is 0.374 e. The van der Waals surface area contributed by atoms with Crippen molar-refractivity contribution in [1.82, 2.24) is 15.5 Å². The zero-order chi connectivity index (χ0) is 12.8. The molecule has 0 radical (unpaired) electrons. The van der Waals surface area contributed by atoms with Gasteiger partial charge >= 0.3 is 0 Å². The first kappa shape index (κ1) is 12.3. The van der Waals surface area contributed by atoms with Crippen molar-refractivity contribution in [2.24, 2.45) is 0 Å². The summed E-state index contributed by atoms with van der Waals surface area (Å²) in [5.41, 5.74) is 6.42. The van der Waals surface area contributed by atoms with Crippen molar-refractivity contribution in [3.05, 3.63) is 47.0 Å². The standard InChI is InChI=1S/C12H12N4OS/c13-12-16-15-11(18-12)8-14-10(17)7-6-9-4-2-1-3-5-9/h1-7H,8H2,(H2,13,16)(H,14,17)/b7-6+. The number of nitrogens with two attached hydrogens (primary N) is 1. The van der Waals surface area contributed by atoms with E-state index in [2.05, 4.69) is 15.5 Å². The molecule has 0 spiro atoms. The minimum absolute atomic E-state index is 0.173. The van der Waals surface area contributed by atoms with Crippen LogP contribution in [0.1, 0.15) is 10.6 Å². The van der Waals surface area contributed by atoms with Crippen molar-refractivity contribution >= 4 is 28.5 Å². The molecule has 1 aromatic heterocycles. The van der Waals surface area contributed by atoms with E-state index in [4.69, 9.17) is 5.73 Å². The Morgan fingerprint density at radius 1 is 1.33 bits per heavy atom. The van der Waals surface area contributed by atoms with E-state index < -0.39 is 0 Å². The quantitative estimate of drug-likeness (QED) is 0.815. The lowest BCUT2D eigenvalue weighted by atomic mass is 10.2. The van der Waals surface area contributed by atoms with E-state index >= 15 is 0 Å². The van der Waals surface area contributed by atoms with Gasteiger partial charge in [0.2, 0.25) is 11.0 Å². The molecule has 2 rings (SSSR count). The molecular weight excluding hydrogens is 248 g/mol. The summed E-state index contributed by atoms with van der Waals surface area (Å²) in [7, 11) is 0. The van der Waals surface area contributed by atoms with E-state index in [1.54, 1.807) is 6.08 Å². The van der Waals surface area contributed by atoms with Crippen molar-refractivity contribution in [2.45, 2.75) is 6.54 Å². The molecule has 3 N–H and O–H groups in total. The summed E-state index contributed by atoms with van der Waals surface area (Å²) in [6, 6.07) is 9.62. The van der Waals surface area contributed by atoms with Gasteiger partial charge in [0.1, 0.15) is 5.01 Å². The SMILES string of the molecule is Nc1nnc(CNC(=O)/C=C/c2ccccc2)s1. The lowest BCUT2D eigenvalue weighted by Gasteiger charge is -1.97. The Morgan fingerprint density at radius 2 is 2.11 bits per heavy atom. The number of benzene rings is 1. The van der Waals surface area contributed by atoms with Crippen LogP contribution < -0.4 is 11.1 Å². The number of carbonyl (C=O) groups is 1. The highest BCUT2D eigenvalue weighted by atomic mass is 32.1. The molecule has 92 valence electrons. The Balaban J connectivity index is 1.84. The van der Waals surface area contributed by atoms with Crippen molar-refractivity contribution in [2.75, 3.05) is 5.73 Å². The van der Waals surface area contributed by atoms with Crippen LogP contribution in [0.5, 0.6) is 0 Å². The van der Waals surface area contributed by atoms with Crippen molar-refractivity contribution in [1.29, 1.82) is 0 Å². The van der Waals surface area contributed by atoms with Crippen LogP contribution in [0.25, 0.3) is 6.08 Å². The molecule has 1 heterocycles. The van der Waals surface area contributed by atoms with E-state index in [-0.39, 0.29) is 5.91 Å². The summed E-state index contributed by atoms with van der Waals surface area (Å²) in [5, 5.41) is 11.3. The molecule has 0 atom stereocenters. The maximum atomic E-state index is 11.5. The zero-order valence-corrected chi connectivity index (χ0v) is 10.4. The number of carbonyl (C=O) groups excluding carboxylic acids is 1. The third-order valence-electron chi connectivity index (χ3n) is 2.12. The number of nitrogens with one attached hydrogen (secondary N) is 1. The summed E-state index contributed by atoms with van der Waals surface area (Å²) in [5.74, 6) is -0.173. The van der Waals surface area contributed by atoms with Gasteiger partial charge in [-0.25, -0.2) is 0 Å². The van der Waals surface area contributed by atoms with E-state index in [9.17, 15) is 4.79 Å². The van der Waals surface area contributed by atoms with Gasteiger partial charge in [-0.3, -0.25) is 4.79 Å². The summed E-state index contributed by atoms with van der Waals surface area (Å²) in [6.45, 7) is 0.340. The minimum atomic E-state index is -0.173. The fourth-order valence-corrected chi connectivity index (χ4v) is 1.84. The molecule has 0 saturated heterocycles. The average molecular weight is 260 g/mol. The second-order valence-corrected chi connectivity index (χ2v) is 4.59. The Bertz CT molecular complexity index is 550. The average Bonchev–Trinajstić information content (AvgIpc) is 2.81. The molecule has 2 aromatic rings. The Labute approximate surface area is 108 Å². The fourth-order valence-electron chi connectivity index (χ4n) is 1.30. The number of anilines is 1. The number of hydrogen-bond acceptors (Lipinski definition) is 5. The van der Waals surface area contributed by atoms with Gasteiger partial charge in [0.15, 0.2) is 0 Å². The Hall–Kier alpha value is -2.21. The first-order valence-electron chi connectivity index (χ1n) is 5.33. The summed E-state index contributed by atoms with van der Waals surface area (Å²) >= 11 is 1.26. The highest BCUT2D eigenvalue weighted by Crippen LogP contribution is 2.10. The van der Waals surface area contributed by atoms with Gasteiger partial charge in [-0.1, -0.05) is 41.7 Å². The topological polar surface area (TPSA) is 80.9 Å². The number of hydrogen-bond donors (Lipinski definition) is 2. The molecular formula is C12H12N4OS. The molecule has 5 nitrogen and oxygen atoms in total. The minimum Gasteiger partial charge on any atom is -0.374 e. The number of nitrogen functional groups attached to an aromatic ring is 1. The maximum Gasteiger partial charge on any atom is 0.244 e. The maximum absolute atomic E-state index is 11.5. The van der Waals surface area contributed by atoms with Crippen molar-refractivity contribution < 1.29 is 4.79 Å². The third-order valence-corrected chi connectivity index (χ3v) is 2.88. The molecule has 0 aliphatic rings. The molecule has 0 bridgehead atoms. The summed E-state index contributed by atoms with van der Waals surface area (Å²) in [6.07, 6.45) is 3.24. The van der Waals surface area contributed by atoms with Gasteiger partial charge in [-0.05, 0) is 11.6 Å². The van der Waals surface area contributed by atoms with Gasteiger partial charge in [0.25, 0.3) is 0 Å². The molecule has 6 heteroatoms. The number of rotatable bonds is 4. The highest BCUT2D eigenvalue weighted by Gasteiger charge is 2.01. The van der Waals surface area contributed by atoms with Crippen LogP contribution in [-0.2, 0) is 11.3 Å². The van der Waals surface area contributed by atoms with Gasteiger partial charge in [0, 0.05) is 6.08 Å². The van der Waals surface area contributed by atoms with Crippen LogP contribution in [0.3, 0.4) is 0 Å². The Kier molecular flexibility index (Phi) is 4.03. The molecule has 0 aliphatic heterocycles. The predicted molar refractivity (Wildman–Crippen MR) is 71.6 cm³/mol. The molecule has 0 saturated carbocycles. The molecule has 0 aliphatic carbocycles. The van der Waals surface area contributed by atoms with E-state index in [1.165, 1.54) is 17.4 Å². The normalized spacial score (nSPS) is 10.7. The van der Waals surface area contributed by atoms with Gasteiger partial charge in [-0.15, -0.1) is 10.2 Å². The van der Waals surface area contributed by atoms with E-state index in [0.29, 0.717) is 16.7 Å². The molecule has 18 heavy (non-hydrogen) atoms. The molecule has 0 fully saturated rings. The monoisotopic (exact) mass is 260 g/mol. The van der Waals surface area contributed by atoms with Crippen LogP contribution in [0.2, 0.25) is 0 Å². The molecule has 0 unspecified atom stereocenters. The van der Waals surface area contributed by atoms with Crippen LogP contribution in [0, 0.1) is 0 Å². The van der Waals surface area contributed by atoms with Gasteiger partial charge in [-0.2, -0.15) is 0 Å². The van der Waals surface area contributed by atoms with Crippen LogP contribution in [0.15, 0.2) is 36.4 Å². The predicted octanol–water partition coefficient (Wildman–Crippen LogP) is 1.45. The Morgan fingerprint density at radius 3 is 2.78 bits per heavy atom. The lowest BCUT2D eigenvalue weighted by Crippen LogP contribution is -2.20. The summed E-state index contributed by atoms with van der Waals surface area (Å²) < 4.78 is 0. The zero-order valence-electron chi connectivity index (χ0n) is 9.54. The first-order chi connectivity index (χ1) is 8.74. The third kappa shape index (κ3) is 3.67. The second-order valence-electron chi connectivity index (χ2n) is 3.50. The fraction of sp³-hybridized carbons (Fsp3) is 0.0833.